The van der Waals surface area contributed by atoms with Crippen LogP contribution in [0.5, 0.6) is 0 Å². The number of nitrogens with zero attached hydrogens (tertiary/aromatic N) is 1. The molecule has 47 heavy (non-hydrogen) atoms. The molecule has 0 fully saturated rings. The van der Waals surface area contributed by atoms with Crippen LogP contribution in [0.25, 0.3) is 0 Å². The number of esters is 2. The highest BCUT2D eigenvalue weighted by atomic mass is 16.5. The van der Waals surface area contributed by atoms with E-state index in [-0.39, 0.29) is 18.5 Å². The number of hydrogen-bond acceptors (Lipinski definition) is 6. The average molecular weight is 668 g/mol. The first kappa shape index (κ1) is 45.9. The topological polar surface area (TPSA) is 76.1 Å². The minimum atomic E-state index is -0.413. The Labute approximate surface area is 292 Å². The van der Waals surface area contributed by atoms with Gasteiger partial charge in [-0.05, 0) is 71.4 Å². The third-order valence-corrected chi connectivity index (χ3v) is 9.74. The Bertz CT molecular complexity index is 691. The smallest absolute Gasteiger partial charge is 0.311 e. The molecule has 0 aromatic carbocycles. The summed E-state index contributed by atoms with van der Waals surface area (Å²) < 4.78 is 11.1. The van der Waals surface area contributed by atoms with Crippen molar-refractivity contribution in [1.82, 2.24) is 4.90 Å². The summed E-state index contributed by atoms with van der Waals surface area (Å²) in [4.78, 5) is 27.0. The van der Waals surface area contributed by atoms with E-state index >= 15 is 0 Å². The van der Waals surface area contributed by atoms with Crippen LogP contribution in [0.4, 0.5) is 0 Å². The molecule has 0 unspecified atom stereocenters. The zero-order valence-corrected chi connectivity index (χ0v) is 32.2. The van der Waals surface area contributed by atoms with Gasteiger partial charge >= 0.3 is 11.9 Å². The van der Waals surface area contributed by atoms with Crippen molar-refractivity contribution in [3.05, 3.63) is 0 Å². The molecule has 0 radical (unpaired) electrons. The largest absolute Gasteiger partial charge is 0.466 e. The van der Waals surface area contributed by atoms with Gasteiger partial charge in [0, 0.05) is 13.0 Å². The van der Waals surface area contributed by atoms with Crippen LogP contribution in [0.2, 0.25) is 0 Å². The monoisotopic (exact) mass is 668 g/mol. The summed E-state index contributed by atoms with van der Waals surface area (Å²) in [5, 5.41) is 9.51. The fraction of sp³-hybridized carbons (Fsp3) is 0.951. The Balaban J connectivity index is 3.83. The molecular formula is C41H81NO5. The molecule has 280 valence electrons. The lowest BCUT2D eigenvalue weighted by molar-refractivity contribution is -0.154. The maximum absolute atomic E-state index is 12.7. The lowest BCUT2D eigenvalue weighted by atomic mass is 9.87. The quantitative estimate of drug-likeness (QED) is 0.0529. The van der Waals surface area contributed by atoms with Crippen LogP contribution in [0.15, 0.2) is 0 Å². The molecule has 1 N–H and O–H groups in total. The highest BCUT2D eigenvalue weighted by molar-refractivity contribution is 5.75. The first-order valence-corrected chi connectivity index (χ1v) is 20.5. The molecule has 6 heteroatoms. The SMILES string of the molecule is CCCCCCCCCOC(=O)CCCCCCCN(CCO)CCCCCCC(C)(C)C(=O)OCCCCCC(CCC)CCC. The molecule has 0 saturated carbocycles. The number of carbonyl (C=O) groups excluding carboxylic acids is 2. The van der Waals surface area contributed by atoms with Gasteiger partial charge in [0.2, 0.25) is 0 Å². The van der Waals surface area contributed by atoms with E-state index in [1.807, 2.05) is 13.8 Å². The van der Waals surface area contributed by atoms with E-state index in [0.29, 0.717) is 19.6 Å². The third kappa shape index (κ3) is 29.5. The first-order chi connectivity index (χ1) is 22.8. The van der Waals surface area contributed by atoms with Crippen molar-refractivity contribution in [1.29, 1.82) is 0 Å². The zero-order valence-electron chi connectivity index (χ0n) is 32.2. The Kier molecular flexibility index (Phi) is 32.6. The minimum absolute atomic E-state index is 0.0345. The van der Waals surface area contributed by atoms with Crippen LogP contribution < -0.4 is 0 Å². The molecule has 0 atom stereocenters. The van der Waals surface area contributed by atoms with Crippen LogP contribution in [0.3, 0.4) is 0 Å². The van der Waals surface area contributed by atoms with Crippen LogP contribution >= 0.6 is 0 Å². The molecule has 0 aliphatic heterocycles. The van der Waals surface area contributed by atoms with Gasteiger partial charge in [0.15, 0.2) is 0 Å². The van der Waals surface area contributed by atoms with Gasteiger partial charge in [-0.15, -0.1) is 0 Å². The number of hydrogen-bond donors (Lipinski definition) is 1. The first-order valence-electron chi connectivity index (χ1n) is 20.5. The summed E-state index contributed by atoms with van der Waals surface area (Å²) >= 11 is 0. The molecule has 0 saturated heterocycles. The van der Waals surface area contributed by atoms with E-state index < -0.39 is 5.41 Å². The second-order valence-corrected chi connectivity index (χ2v) is 14.9. The third-order valence-electron chi connectivity index (χ3n) is 9.74. The fourth-order valence-corrected chi connectivity index (χ4v) is 6.61. The van der Waals surface area contributed by atoms with Gasteiger partial charge in [-0.1, -0.05) is 143 Å². The molecule has 0 aromatic rings. The van der Waals surface area contributed by atoms with Crippen LogP contribution in [-0.4, -0.2) is 61.4 Å². The molecule has 0 aromatic heterocycles. The van der Waals surface area contributed by atoms with Crippen molar-refractivity contribution in [2.45, 2.75) is 202 Å². The number of ether oxygens (including phenoxy) is 2. The average Bonchev–Trinajstić information content (AvgIpc) is 3.04. The Morgan fingerprint density at radius 1 is 0.574 bits per heavy atom. The van der Waals surface area contributed by atoms with Gasteiger partial charge in [-0.25, -0.2) is 0 Å². The number of aliphatic hydroxyl groups excluding tert-OH is 1. The van der Waals surface area contributed by atoms with Crippen molar-refractivity contribution < 1.29 is 24.2 Å². The molecule has 0 amide bonds. The van der Waals surface area contributed by atoms with Gasteiger partial charge in [0.1, 0.15) is 0 Å². The lowest BCUT2D eigenvalue weighted by Gasteiger charge is -2.23. The highest BCUT2D eigenvalue weighted by Crippen LogP contribution is 2.26. The summed E-state index contributed by atoms with van der Waals surface area (Å²) in [5.74, 6) is 0.798. The van der Waals surface area contributed by atoms with Crippen molar-refractivity contribution in [3.63, 3.8) is 0 Å². The van der Waals surface area contributed by atoms with Gasteiger partial charge in [-0.3, -0.25) is 9.59 Å². The predicted molar refractivity (Wildman–Crippen MR) is 200 cm³/mol. The molecule has 0 heterocycles. The molecule has 0 bridgehead atoms. The summed E-state index contributed by atoms with van der Waals surface area (Å²) in [6.45, 7) is 15.0. The Morgan fingerprint density at radius 3 is 1.68 bits per heavy atom. The Morgan fingerprint density at radius 2 is 1.09 bits per heavy atom. The zero-order chi connectivity index (χ0) is 34.9. The molecule has 6 nitrogen and oxygen atoms in total. The van der Waals surface area contributed by atoms with Crippen molar-refractivity contribution in [2.24, 2.45) is 11.3 Å². The summed E-state index contributed by atoms with van der Waals surface area (Å²) in [7, 11) is 0. The van der Waals surface area contributed by atoms with Gasteiger partial charge < -0.3 is 19.5 Å². The fourth-order valence-electron chi connectivity index (χ4n) is 6.61. The van der Waals surface area contributed by atoms with Crippen LogP contribution in [0, 0.1) is 11.3 Å². The molecular weight excluding hydrogens is 586 g/mol. The number of aliphatic hydroxyl groups is 1. The molecule has 0 aliphatic carbocycles. The lowest BCUT2D eigenvalue weighted by Crippen LogP contribution is -2.29. The number of carbonyl (C=O) groups is 2. The van der Waals surface area contributed by atoms with E-state index in [2.05, 4.69) is 25.7 Å². The van der Waals surface area contributed by atoms with Crippen LogP contribution in [0.1, 0.15) is 202 Å². The number of rotatable bonds is 36. The maximum atomic E-state index is 12.7. The van der Waals surface area contributed by atoms with Crippen LogP contribution in [-0.2, 0) is 19.1 Å². The normalized spacial score (nSPS) is 11.9. The van der Waals surface area contributed by atoms with Crippen molar-refractivity contribution in [3.8, 4) is 0 Å². The van der Waals surface area contributed by atoms with Gasteiger partial charge in [0.05, 0.1) is 25.2 Å². The maximum Gasteiger partial charge on any atom is 0.311 e. The van der Waals surface area contributed by atoms with E-state index in [1.165, 1.54) is 83.5 Å². The Hall–Kier alpha value is -1.14. The predicted octanol–water partition coefficient (Wildman–Crippen LogP) is 11.2. The molecule has 0 spiro atoms. The summed E-state index contributed by atoms with van der Waals surface area (Å²) in [6.07, 6.45) is 29.9. The summed E-state index contributed by atoms with van der Waals surface area (Å²) in [5.41, 5.74) is -0.413. The van der Waals surface area contributed by atoms with E-state index in [4.69, 9.17) is 9.47 Å². The van der Waals surface area contributed by atoms with Gasteiger partial charge in [-0.2, -0.15) is 0 Å². The van der Waals surface area contributed by atoms with Crippen molar-refractivity contribution >= 4 is 11.9 Å². The van der Waals surface area contributed by atoms with E-state index in [9.17, 15) is 14.7 Å². The summed E-state index contributed by atoms with van der Waals surface area (Å²) in [6, 6.07) is 0. The highest BCUT2D eigenvalue weighted by Gasteiger charge is 2.28. The second kappa shape index (κ2) is 33.4. The van der Waals surface area contributed by atoms with Crippen molar-refractivity contribution in [2.75, 3.05) is 39.5 Å². The minimum Gasteiger partial charge on any atom is -0.466 e. The number of unbranched alkanes of at least 4 members (excludes halogenated alkanes) is 15. The molecule has 0 rings (SSSR count). The molecule has 0 aliphatic rings. The van der Waals surface area contributed by atoms with Gasteiger partial charge in [0.25, 0.3) is 0 Å². The second-order valence-electron chi connectivity index (χ2n) is 14.9. The van der Waals surface area contributed by atoms with E-state index in [0.717, 1.165) is 103 Å². The standard InChI is InChI=1S/C41H81NO5/c1-6-9-10-11-12-18-25-36-46-39(44)30-21-14-13-16-23-32-42(34-35-43)33-24-17-15-22-31-41(4,5)40(45)47-37-26-19-20-29-38(27-7-2)28-8-3/h38,43H,6-37H2,1-5H3. The van der Waals surface area contributed by atoms with E-state index in [1.54, 1.807) is 0 Å².